The maximum atomic E-state index is 3.17. The Morgan fingerprint density at radius 3 is 0.600 bits per heavy atom. The molecule has 0 saturated carbocycles. The van der Waals surface area contributed by atoms with E-state index in [1.165, 1.54) is 0 Å². The largest absolute Gasteiger partial charge is 1.00 e. The van der Waals surface area contributed by atoms with Crippen molar-refractivity contribution in [1.82, 2.24) is 0 Å². The van der Waals surface area contributed by atoms with Gasteiger partial charge in [-0.1, -0.05) is 0 Å². The molecule has 0 saturated heterocycles. The van der Waals surface area contributed by atoms with Crippen LogP contribution >= 0.6 is 50.8 Å². The molecule has 0 aromatic rings. The molecule has 0 aliphatic heterocycles. The summed E-state index contributed by atoms with van der Waals surface area (Å²) in [6, 6.07) is 0. The van der Waals surface area contributed by atoms with E-state index in [9.17, 15) is 0 Å². The van der Waals surface area contributed by atoms with Gasteiger partial charge in [0.15, 0.2) is 0 Å². The van der Waals surface area contributed by atoms with Crippen LogP contribution in [-0.2, 0) is 0 Å². The second-order valence-corrected chi connectivity index (χ2v) is 19.6. The molecule has 0 amide bonds. The van der Waals surface area contributed by atoms with Crippen molar-refractivity contribution in [2.24, 2.45) is 0 Å². The van der Waals surface area contributed by atoms with E-state index in [0.29, 0.717) is 0 Å². The molecule has 60 valence electrons. The van der Waals surface area contributed by atoms with E-state index in [1.807, 2.05) is 0 Å². The summed E-state index contributed by atoms with van der Waals surface area (Å²) in [4.78, 5) is 0. The van der Waals surface area contributed by atoms with Crippen LogP contribution in [0, 0.1) is 0 Å². The van der Waals surface area contributed by atoms with Gasteiger partial charge in [0, 0.05) is 0 Å². The Morgan fingerprint density at radius 1 is 0.600 bits per heavy atom. The van der Waals surface area contributed by atoms with Crippen LogP contribution in [0.3, 0.4) is 0 Å². The van der Waals surface area contributed by atoms with Crippen molar-refractivity contribution in [3.63, 3.8) is 0 Å². The molecule has 2 N–H and O–H groups in total. The number of rotatable bonds is 0. The monoisotopic (exact) mass is 681 g/mol. The quantitative estimate of drug-likeness (QED) is 0.188. The molecule has 0 aromatic carbocycles. The molecule has 0 aliphatic carbocycles. The molecule has 0 unspecified atom stereocenters. The number of hydrogen-bond donors (Lipinski definition) is 0. The first-order valence-electron chi connectivity index (χ1n) is 0.571. The van der Waals surface area contributed by atoms with E-state index >= 15 is 0 Å². The normalized spacial score (nSPS) is 4.40. The third kappa shape index (κ3) is 62.1. The van der Waals surface area contributed by atoms with Crippen molar-refractivity contribution in [3.8, 4) is 0 Å². The van der Waals surface area contributed by atoms with Crippen molar-refractivity contribution in [1.29, 1.82) is 0 Å². The van der Waals surface area contributed by atoms with Crippen molar-refractivity contribution >= 4 is 50.8 Å². The molecule has 0 atom stereocenters. The van der Waals surface area contributed by atoms with Gasteiger partial charge in [-0.15, -0.1) is 0 Å². The van der Waals surface area contributed by atoms with Gasteiger partial charge in [0.25, 0.3) is 0 Å². The smallest absolute Gasteiger partial charge is 0.870 e. The summed E-state index contributed by atoms with van der Waals surface area (Å²) in [5, 5.41) is 0. The minimum absolute atomic E-state index is 0. The molecule has 0 rings (SSSR count). The van der Waals surface area contributed by atoms with Crippen LogP contribution in [0.2, 0.25) is 0 Å². The molecule has 10 heteroatoms. The molecular formula is H2Br4I2K2O2-2. The van der Waals surface area contributed by atoms with Crippen LogP contribution in [0.25, 0.3) is 0 Å². The minimum atomic E-state index is 0. The van der Waals surface area contributed by atoms with Crippen LogP contribution in [-0.4, -0.2) is 11.0 Å². The first-order chi connectivity index (χ1) is 2.83. The Kier molecular flexibility index (Phi) is 162. The fourth-order valence-corrected chi connectivity index (χ4v) is 0. The molecule has 0 radical (unpaired) electrons. The molecule has 0 aliphatic rings. The third-order valence-corrected chi connectivity index (χ3v) is 0. The van der Waals surface area contributed by atoms with E-state index in [0.717, 1.165) is 0 Å². The van der Waals surface area contributed by atoms with Crippen LogP contribution in [0.15, 0.2) is 0 Å². The first kappa shape index (κ1) is 36.0. The molecule has 0 heterocycles. The average molecular weight is 686 g/mol. The maximum absolute atomic E-state index is 3.17. The second-order valence-electron chi connectivity index (χ2n) is 0.108. The fourth-order valence-electron chi connectivity index (χ4n) is 0. The van der Waals surface area contributed by atoms with E-state index in [2.05, 4.69) is 50.8 Å². The molecule has 0 spiro atoms. The zero-order valence-corrected chi connectivity index (χ0v) is 22.1. The van der Waals surface area contributed by atoms with Crippen LogP contribution in [0.5, 0.6) is 0 Å². The molecular weight excluding hydrogens is 684 g/mol. The van der Waals surface area contributed by atoms with Crippen LogP contribution in [0.1, 0.15) is 0 Å². The van der Waals surface area contributed by atoms with Gasteiger partial charge in [-0.2, -0.15) is 0 Å². The Labute approximate surface area is 191 Å². The summed E-state index contributed by atoms with van der Waals surface area (Å²) >= 11 is 13.1. The summed E-state index contributed by atoms with van der Waals surface area (Å²) in [6.07, 6.45) is 0. The summed E-state index contributed by atoms with van der Waals surface area (Å²) in [6.45, 7) is 0. The van der Waals surface area contributed by atoms with Gasteiger partial charge in [-0.25, -0.2) is 0 Å². The van der Waals surface area contributed by atoms with Crippen molar-refractivity contribution in [2.75, 3.05) is 0 Å². The summed E-state index contributed by atoms with van der Waals surface area (Å²) in [7, 11) is 0. The molecule has 10 heavy (non-hydrogen) atoms. The summed E-state index contributed by atoms with van der Waals surface area (Å²) < 4.78 is 0. The molecule has 0 bridgehead atoms. The fraction of sp³-hybridized carbons (Fsp3) is 0. The Morgan fingerprint density at radius 2 is 0.600 bits per heavy atom. The van der Waals surface area contributed by atoms with E-state index in [4.69, 9.17) is 0 Å². The van der Waals surface area contributed by atoms with Gasteiger partial charge in [0.1, 0.15) is 0 Å². The molecule has 0 fully saturated rings. The van der Waals surface area contributed by atoms with Gasteiger partial charge < -0.3 is 11.0 Å². The van der Waals surface area contributed by atoms with E-state index in [-0.39, 0.29) is 147 Å². The number of hydrogen-bond acceptors (Lipinski definition) is 2. The van der Waals surface area contributed by atoms with Crippen molar-refractivity contribution in [2.45, 2.75) is 0 Å². The Balaban J connectivity index is -0.00000000571. The van der Waals surface area contributed by atoms with Gasteiger partial charge in [-0.3, -0.25) is 0 Å². The van der Waals surface area contributed by atoms with Crippen LogP contribution < -0.4 is 136 Å². The van der Waals surface area contributed by atoms with Gasteiger partial charge in [0.05, 0.1) is 0 Å². The topological polar surface area (TPSA) is 60.0 Å². The Bertz CT molecular complexity index is 21.2. The van der Waals surface area contributed by atoms with Gasteiger partial charge in [-0.05, 0) is 0 Å². The maximum Gasteiger partial charge on any atom is 1.00 e. The zero-order valence-electron chi connectivity index (χ0n) is 5.16. The first-order valence-corrected chi connectivity index (χ1v) is 19.9. The SMILES string of the molecule is Br[I-]Br.Br[I-]Br.[K+].[K+].[OH-].[OH-]. The predicted molar refractivity (Wildman–Crippen MR) is 39.6 cm³/mol. The zero-order chi connectivity index (χ0) is 5.41. The standard InChI is InChI=1S/2Br2I.2K.2H2O/c2*1-3-2;;;;/h;;;;2*1H2/q2*-1;2*+1;;/p-2. The van der Waals surface area contributed by atoms with E-state index < -0.39 is 0 Å². The Hall–Kier alpha value is 6.57. The summed E-state index contributed by atoms with van der Waals surface area (Å²) in [5.74, 6) is 0. The molecule has 0 aromatic heterocycles. The van der Waals surface area contributed by atoms with E-state index in [1.54, 1.807) is 0 Å². The van der Waals surface area contributed by atoms with Gasteiger partial charge >= 0.3 is 187 Å². The van der Waals surface area contributed by atoms with Crippen LogP contribution in [0.4, 0.5) is 0 Å². The van der Waals surface area contributed by atoms with Gasteiger partial charge in [0.2, 0.25) is 0 Å². The number of halogens is 6. The predicted octanol–water partition coefficient (Wildman–Crippen LogP) is -8.96. The third-order valence-electron chi connectivity index (χ3n) is 0. The van der Waals surface area contributed by atoms with Crippen molar-refractivity contribution in [3.05, 3.63) is 0 Å². The average Bonchev–Trinajstić information content (AvgIpc) is 1.39. The second kappa shape index (κ2) is 45.0. The minimum Gasteiger partial charge on any atom is -0.870 e. The summed E-state index contributed by atoms with van der Waals surface area (Å²) in [5.41, 5.74) is 0. The molecule has 2 nitrogen and oxygen atoms in total. The van der Waals surface area contributed by atoms with Crippen molar-refractivity contribution < 1.29 is 147 Å².